The molecule has 0 bridgehead atoms. The van der Waals surface area contributed by atoms with Crippen LogP contribution in [0.5, 0.6) is 0 Å². The molecule has 0 aromatic heterocycles. The maximum atomic E-state index is 12.8. The molecule has 23 heavy (non-hydrogen) atoms. The van der Waals surface area contributed by atoms with Crippen molar-refractivity contribution in [3.8, 4) is 0 Å². The Kier molecular flexibility index (Phi) is 2.61. The molecule has 8 atom stereocenters. The van der Waals surface area contributed by atoms with E-state index in [9.17, 15) is 9.90 Å². The second-order valence-electron chi connectivity index (χ2n) is 9.14. The summed E-state index contributed by atoms with van der Waals surface area (Å²) in [4.78, 5) is 12.8. The maximum Gasteiger partial charge on any atom is 0.133 e. The number of hydrogen-bond acceptors (Lipinski definition) is 2. The van der Waals surface area contributed by atoms with Crippen molar-refractivity contribution in [1.82, 2.24) is 0 Å². The van der Waals surface area contributed by atoms with Crippen LogP contribution in [0.3, 0.4) is 0 Å². The van der Waals surface area contributed by atoms with Gasteiger partial charge in [0.25, 0.3) is 0 Å². The maximum absolute atomic E-state index is 12.8. The molecule has 4 saturated carbocycles. The highest BCUT2D eigenvalue weighted by molar-refractivity contribution is 5.79. The number of carbonyl (C=O) groups excluding carboxylic acids is 1. The van der Waals surface area contributed by atoms with Gasteiger partial charge in [-0.05, 0) is 99.1 Å². The van der Waals surface area contributed by atoms with Gasteiger partial charge < -0.3 is 5.11 Å². The predicted octanol–water partition coefficient (Wildman–Crippen LogP) is 4.60. The summed E-state index contributed by atoms with van der Waals surface area (Å²) in [6.07, 6.45) is 6.09. The van der Waals surface area contributed by atoms with E-state index < -0.39 is 29.8 Å². The monoisotopic (exact) mass is 323 g/mol. The van der Waals surface area contributed by atoms with Crippen LogP contribution >= 0.6 is 0 Å². The van der Waals surface area contributed by atoms with Gasteiger partial charge in [0.2, 0.25) is 0 Å². The van der Waals surface area contributed by atoms with Crippen LogP contribution in [0.4, 0.5) is 0 Å². The van der Waals surface area contributed by atoms with Crippen molar-refractivity contribution in [2.24, 2.45) is 40.4 Å². The first-order valence-electron chi connectivity index (χ1n) is 12.0. The fourth-order valence-electron chi connectivity index (χ4n) is 7.11. The minimum atomic E-state index is -2.72. The third kappa shape index (κ3) is 2.19. The van der Waals surface area contributed by atoms with Gasteiger partial charge in [-0.15, -0.1) is 0 Å². The number of aliphatic hydroxyl groups excluding tert-OH is 1. The normalized spacial score (nSPS) is 65.8. The van der Waals surface area contributed by atoms with Gasteiger partial charge in [0.15, 0.2) is 0 Å². The minimum Gasteiger partial charge on any atom is -0.393 e. The lowest BCUT2D eigenvalue weighted by atomic mass is 9.44. The molecular weight excluding hydrogens is 284 g/mol. The van der Waals surface area contributed by atoms with E-state index >= 15 is 0 Å². The van der Waals surface area contributed by atoms with Gasteiger partial charge in [-0.3, -0.25) is 4.79 Å². The fourth-order valence-corrected chi connectivity index (χ4v) is 7.11. The molecule has 4 fully saturated rings. The smallest absolute Gasteiger partial charge is 0.133 e. The van der Waals surface area contributed by atoms with Crippen LogP contribution in [0.2, 0.25) is 0 Å². The predicted molar refractivity (Wildman–Crippen MR) is 91.9 cm³/mol. The second-order valence-corrected chi connectivity index (χ2v) is 9.14. The summed E-state index contributed by atoms with van der Waals surface area (Å²) in [6, 6.07) is 0. The Morgan fingerprint density at radius 2 is 1.78 bits per heavy atom. The molecule has 130 valence electrons. The summed E-state index contributed by atoms with van der Waals surface area (Å²) in [6.45, 7) is 1.51. The number of aliphatic hydroxyl groups is 1. The molecule has 0 amide bonds. The zero-order valence-corrected chi connectivity index (χ0v) is 14.5. The van der Waals surface area contributed by atoms with Gasteiger partial charge in [-0.1, -0.05) is 13.8 Å². The van der Waals surface area contributed by atoms with Crippen LogP contribution in [0.15, 0.2) is 0 Å². The molecule has 4 aliphatic carbocycles. The first-order chi connectivity index (χ1) is 12.8. The van der Waals surface area contributed by atoms with E-state index in [1.165, 1.54) is 0 Å². The summed E-state index contributed by atoms with van der Waals surface area (Å²) < 4.78 is 41.0. The summed E-state index contributed by atoms with van der Waals surface area (Å²) >= 11 is 0. The lowest BCUT2D eigenvalue weighted by molar-refractivity contribution is -0.138. The highest BCUT2D eigenvalue weighted by Gasteiger charge is 2.60. The summed E-state index contributed by atoms with van der Waals surface area (Å²) in [7, 11) is 0. The van der Waals surface area contributed by atoms with E-state index in [4.69, 9.17) is 6.85 Å². The average molecular weight is 324 g/mol. The standard InChI is InChI=1S/C21H34O2/c1-13(22)17-6-7-18-16-5-4-14-12-15(23)8-10-20(14,2)19(16)9-11-21(17,18)3/h14-19,23H,4-12H2,1-3H3/t14-,15-,16+,17-,18+,19+,20+,21-/m1/s1/i1D3,14D,17D. The van der Waals surface area contributed by atoms with E-state index in [0.717, 1.165) is 38.5 Å². The van der Waals surface area contributed by atoms with Crippen molar-refractivity contribution in [2.75, 3.05) is 0 Å². The van der Waals surface area contributed by atoms with Crippen LogP contribution in [0.25, 0.3) is 0 Å². The van der Waals surface area contributed by atoms with Gasteiger partial charge in [-0.25, -0.2) is 0 Å². The molecule has 4 aliphatic rings. The molecule has 0 saturated heterocycles. The topological polar surface area (TPSA) is 37.3 Å². The van der Waals surface area contributed by atoms with Crippen molar-refractivity contribution >= 4 is 5.78 Å². The van der Waals surface area contributed by atoms with Crippen LogP contribution in [0.1, 0.15) is 85.3 Å². The van der Waals surface area contributed by atoms with Crippen molar-refractivity contribution in [3.63, 3.8) is 0 Å². The van der Waals surface area contributed by atoms with Crippen molar-refractivity contribution in [2.45, 2.75) is 84.6 Å². The van der Waals surface area contributed by atoms with E-state index in [0.29, 0.717) is 31.1 Å². The molecule has 0 aromatic rings. The Hall–Kier alpha value is -0.370. The number of Topliss-reactive ketones (excluding diaryl/α,β-unsaturated/α-hetero) is 1. The molecule has 0 aromatic carbocycles. The molecule has 4 rings (SSSR count). The van der Waals surface area contributed by atoms with Crippen molar-refractivity contribution < 1.29 is 16.8 Å². The number of hydrogen-bond donors (Lipinski definition) is 1. The number of carbonyl (C=O) groups is 1. The van der Waals surface area contributed by atoms with Crippen LogP contribution in [0, 0.1) is 40.4 Å². The zero-order valence-electron chi connectivity index (χ0n) is 19.5. The van der Waals surface area contributed by atoms with E-state index in [-0.39, 0.29) is 17.4 Å². The number of fused-ring (bicyclic) bond motifs is 5. The molecule has 0 spiro atoms. The van der Waals surface area contributed by atoms with E-state index in [1.807, 2.05) is 6.92 Å². The SMILES string of the molecule is [2H]C([2H])([2H])C(=O)[C@@]1([2H])CC[C@H]2[C@@H]3CC[C@]4([2H])C[C@H](O)CC[C@]4(C)[C@H]3CC[C@@]21C. The highest BCUT2D eigenvalue weighted by Crippen LogP contribution is 2.67. The van der Waals surface area contributed by atoms with Gasteiger partial charge in [-0.2, -0.15) is 0 Å². The molecule has 2 nitrogen and oxygen atoms in total. The second kappa shape index (κ2) is 5.31. The van der Waals surface area contributed by atoms with Crippen LogP contribution < -0.4 is 0 Å². The van der Waals surface area contributed by atoms with Crippen LogP contribution in [-0.4, -0.2) is 17.0 Å². The fraction of sp³-hybridized carbons (Fsp3) is 0.952. The number of ketones is 1. The third-order valence-corrected chi connectivity index (χ3v) is 8.38. The van der Waals surface area contributed by atoms with Crippen molar-refractivity contribution in [3.05, 3.63) is 0 Å². The summed E-state index contributed by atoms with van der Waals surface area (Å²) in [5.41, 5.74) is -0.732. The lowest BCUT2D eigenvalue weighted by Gasteiger charge is -2.60. The quantitative estimate of drug-likeness (QED) is 0.766. The molecule has 0 radical (unpaired) electrons. The molecule has 1 N–H and O–H groups in total. The first kappa shape index (κ1) is 11.3. The summed E-state index contributed by atoms with van der Waals surface area (Å²) in [5.74, 6) is -2.08. The molecular formula is C21H34O2. The average Bonchev–Trinajstić information content (AvgIpc) is 2.87. The van der Waals surface area contributed by atoms with Gasteiger partial charge in [0.1, 0.15) is 5.78 Å². The van der Waals surface area contributed by atoms with Gasteiger partial charge in [0.05, 0.1) is 6.10 Å². The lowest BCUT2D eigenvalue weighted by Crippen LogP contribution is -2.54. The van der Waals surface area contributed by atoms with E-state index in [2.05, 4.69) is 6.92 Å². The minimum absolute atomic E-state index is 0.141. The Bertz CT molecular complexity index is 680. The molecule has 0 heterocycles. The van der Waals surface area contributed by atoms with Crippen molar-refractivity contribution in [1.29, 1.82) is 0 Å². The molecule has 0 aliphatic heterocycles. The van der Waals surface area contributed by atoms with Gasteiger partial charge in [0, 0.05) is 12.7 Å². The highest BCUT2D eigenvalue weighted by atomic mass is 16.3. The first-order valence-corrected chi connectivity index (χ1v) is 9.52. The zero-order chi connectivity index (χ0) is 20.8. The van der Waals surface area contributed by atoms with E-state index in [1.54, 1.807) is 0 Å². The Morgan fingerprint density at radius 3 is 2.57 bits per heavy atom. The van der Waals surface area contributed by atoms with Gasteiger partial charge >= 0.3 is 0 Å². The Balaban J connectivity index is 1.67. The van der Waals surface area contributed by atoms with Crippen LogP contribution in [-0.2, 0) is 4.79 Å². The molecule has 0 unspecified atom stereocenters. The Morgan fingerprint density at radius 1 is 1.04 bits per heavy atom. The largest absolute Gasteiger partial charge is 0.393 e. The summed E-state index contributed by atoms with van der Waals surface area (Å²) in [5, 5.41) is 10.2. The third-order valence-electron chi connectivity index (χ3n) is 8.38. The molecule has 2 heteroatoms. The number of rotatable bonds is 1. The Labute approximate surface area is 148 Å².